The number of halogens is 1. The second-order valence-electron chi connectivity index (χ2n) is 5.14. The van der Waals surface area contributed by atoms with E-state index in [4.69, 9.17) is 0 Å². The molecule has 22 heavy (non-hydrogen) atoms. The molecule has 0 unspecified atom stereocenters. The zero-order valence-electron chi connectivity index (χ0n) is 12.6. The van der Waals surface area contributed by atoms with Crippen LogP contribution in [0.25, 0.3) is 0 Å². The summed E-state index contributed by atoms with van der Waals surface area (Å²) in [5.41, 5.74) is 1.87. The number of anilines is 1. The van der Waals surface area contributed by atoms with Gasteiger partial charge in [0.2, 0.25) is 5.91 Å². The standard InChI is InChI=1S/C17H20FN3O/c1-21(16-7-5-15(18)6-8-16)11-3-10-20-17(22)12-14-4-2-9-19-13-14/h2,4-9,13H,3,10-12H2,1H3,(H,20,22). The third-order valence-corrected chi connectivity index (χ3v) is 3.35. The van der Waals surface area contributed by atoms with Crippen LogP contribution < -0.4 is 10.2 Å². The van der Waals surface area contributed by atoms with Crippen LogP contribution in [0.4, 0.5) is 10.1 Å². The number of hydrogen-bond acceptors (Lipinski definition) is 3. The van der Waals surface area contributed by atoms with Gasteiger partial charge in [0.1, 0.15) is 5.82 Å². The maximum Gasteiger partial charge on any atom is 0.224 e. The van der Waals surface area contributed by atoms with Crippen molar-refractivity contribution in [3.8, 4) is 0 Å². The second kappa shape index (κ2) is 8.12. The molecule has 0 saturated carbocycles. The van der Waals surface area contributed by atoms with E-state index in [9.17, 15) is 9.18 Å². The highest BCUT2D eigenvalue weighted by Crippen LogP contribution is 2.12. The van der Waals surface area contributed by atoms with E-state index in [0.29, 0.717) is 13.0 Å². The summed E-state index contributed by atoms with van der Waals surface area (Å²) in [7, 11) is 1.95. The summed E-state index contributed by atoms with van der Waals surface area (Å²) in [6, 6.07) is 10.1. The third kappa shape index (κ3) is 5.16. The molecule has 0 aliphatic heterocycles. The summed E-state index contributed by atoms with van der Waals surface area (Å²) in [4.78, 5) is 17.8. The zero-order valence-corrected chi connectivity index (χ0v) is 12.6. The summed E-state index contributed by atoms with van der Waals surface area (Å²) in [5, 5.41) is 2.89. The first-order chi connectivity index (χ1) is 10.6. The number of aromatic nitrogens is 1. The molecular weight excluding hydrogens is 281 g/mol. The molecule has 0 aliphatic carbocycles. The Hall–Kier alpha value is -2.43. The number of nitrogens with zero attached hydrogens (tertiary/aromatic N) is 2. The first-order valence-corrected chi connectivity index (χ1v) is 7.27. The van der Waals surface area contributed by atoms with Crippen LogP contribution in [0.1, 0.15) is 12.0 Å². The predicted molar refractivity (Wildman–Crippen MR) is 85.2 cm³/mol. The maximum atomic E-state index is 12.9. The first kappa shape index (κ1) is 15.9. The van der Waals surface area contributed by atoms with Crippen LogP contribution in [-0.2, 0) is 11.2 Å². The lowest BCUT2D eigenvalue weighted by Crippen LogP contribution is -2.29. The Labute approximate surface area is 130 Å². The largest absolute Gasteiger partial charge is 0.375 e. The van der Waals surface area contributed by atoms with E-state index >= 15 is 0 Å². The van der Waals surface area contributed by atoms with Gasteiger partial charge in [0.05, 0.1) is 6.42 Å². The summed E-state index contributed by atoms with van der Waals surface area (Å²) >= 11 is 0. The molecule has 0 atom stereocenters. The van der Waals surface area contributed by atoms with E-state index in [0.717, 1.165) is 24.2 Å². The highest BCUT2D eigenvalue weighted by Gasteiger charge is 2.04. The lowest BCUT2D eigenvalue weighted by atomic mass is 10.2. The molecule has 0 radical (unpaired) electrons. The Bertz CT molecular complexity index is 587. The van der Waals surface area contributed by atoms with Crippen molar-refractivity contribution in [2.45, 2.75) is 12.8 Å². The normalized spacial score (nSPS) is 10.3. The van der Waals surface area contributed by atoms with Crippen LogP contribution in [0.5, 0.6) is 0 Å². The maximum absolute atomic E-state index is 12.9. The van der Waals surface area contributed by atoms with Gasteiger partial charge in [0.25, 0.3) is 0 Å². The average molecular weight is 301 g/mol. The van der Waals surface area contributed by atoms with Crippen molar-refractivity contribution < 1.29 is 9.18 Å². The SMILES string of the molecule is CN(CCCNC(=O)Cc1cccnc1)c1ccc(F)cc1. The lowest BCUT2D eigenvalue weighted by Gasteiger charge is -2.19. The summed E-state index contributed by atoms with van der Waals surface area (Å²) in [6.07, 6.45) is 4.56. The molecule has 0 spiro atoms. The van der Waals surface area contributed by atoms with Crippen molar-refractivity contribution in [3.63, 3.8) is 0 Å². The van der Waals surface area contributed by atoms with Crippen LogP contribution >= 0.6 is 0 Å². The van der Waals surface area contributed by atoms with Crippen molar-refractivity contribution in [2.75, 3.05) is 25.0 Å². The molecule has 1 N–H and O–H groups in total. The molecule has 2 rings (SSSR count). The second-order valence-corrected chi connectivity index (χ2v) is 5.14. The van der Waals surface area contributed by atoms with Crippen molar-refractivity contribution in [2.24, 2.45) is 0 Å². The number of benzene rings is 1. The van der Waals surface area contributed by atoms with Crippen LogP contribution in [0.15, 0.2) is 48.8 Å². The molecule has 4 nitrogen and oxygen atoms in total. The van der Waals surface area contributed by atoms with E-state index in [-0.39, 0.29) is 11.7 Å². The summed E-state index contributed by atoms with van der Waals surface area (Å²) in [5.74, 6) is -0.239. The molecule has 116 valence electrons. The first-order valence-electron chi connectivity index (χ1n) is 7.27. The topological polar surface area (TPSA) is 45.2 Å². The lowest BCUT2D eigenvalue weighted by molar-refractivity contribution is -0.120. The quantitative estimate of drug-likeness (QED) is 0.799. The number of nitrogens with one attached hydrogen (secondary N) is 1. The molecule has 1 amide bonds. The Morgan fingerprint density at radius 1 is 1.27 bits per heavy atom. The van der Waals surface area contributed by atoms with Gasteiger partial charge >= 0.3 is 0 Å². The smallest absolute Gasteiger partial charge is 0.224 e. The van der Waals surface area contributed by atoms with Gasteiger partial charge in [-0.15, -0.1) is 0 Å². The van der Waals surface area contributed by atoms with E-state index in [2.05, 4.69) is 10.3 Å². The Balaban J connectivity index is 1.66. The van der Waals surface area contributed by atoms with Gasteiger partial charge in [0.15, 0.2) is 0 Å². The van der Waals surface area contributed by atoms with Crippen molar-refractivity contribution >= 4 is 11.6 Å². The van der Waals surface area contributed by atoms with Gasteiger partial charge in [-0.2, -0.15) is 0 Å². The number of rotatable bonds is 7. The van der Waals surface area contributed by atoms with Gasteiger partial charge < -0.3 is 10.2 Å². The molecule has 1 aromatic heterocycles. The Kier molecular flexibility index (Phi) is 5.89. The fourth-order valence-corrected chi connectivity index (χ4v) is 2.12. The average Bonchev–Trinajstić information content (AvgIpc) is 2.53. The number of carbonyl (C=O) groups excluding carboxylic acids is 1. The fourth-order valence-electron chi connectivity index (χ4n) is 2.12. The Morgan fingerprint density at radius 3 is 2.73 bits per heavy atom. The van der Waals surface area contributed by atoms with Crippen molar-refractivity contribution in [1.82, 2.24) is 10.3 Å². The highest BCUT2D eigenvalue weighted by atomic mass is 19.1. The van der Waals surface area contributed by atoms with Crippen molar-refractivity contribution in [3.05, 3.63) is 60.2 Å². The molecule has 5 heteroatoms. The molecule has 2 aromatic rings. The van der Waals surface area contributed by atoms with E-state index < -0.39 is 0 Å². The van der Waals surface area contributed by atoms with Crippen LogP contribution in [0.2, 0.25) is 0 Å². The molecular formula is C17H20FN3O. The molecule has 0 aliphatic rings. The van der Waals surface area contributed by atoms with Gasteiger partial charge in [-0.05, 0) is 42.3 Å². The minimum atomic E-state index is -0.236. The highest BCUT2D eigenvalue weighted by molar-refractivity contribution is 5.78. The van der Waals surface area contributed by atoms with Gasteiger partial charge in [-0.3, -0.25) is 9.78 Å². The predicted octanol–water partition coefficient (Wildman–Crippen LogP) is 2.41. The van der Waals surface area contributed by atoms with Crippen LogP contribution in [0, 0.1) is 5.82 Å². The van der Waals surface area contributed by atoms with Crippen LogP contribution in [0.3, 0.4) is 0 Å². The number of carbonyl (C=O) groups is 1. The minimum Gasteiger partial charge on any atom is -0.375 e. The minimum absolute atomic E-state index is 0.00237. The Morgan fingerprint density at radius 2 is 2.05 bits per heavy atom. The zero-order chi connectivity index (χ0) is 15.8. The third-order valence-electron chi connectivity index (χ3n) is 3.35. The molecule has 0 saturated heterocycles. The van der Waals surface area contributed by atoms with Gasteiger partial charge in [-0.25, -0.2) is 4.39 Å². The van der Waals surface area contributed by atoms with E-state index in [1.165, 1.54) is 12.1 Å². The molecule has 0 bridgehead atoms. The number of pyridine rings is 1. The van der Waals surface area contributed by atoms with E-state index in [1.54, 1.807) is 24.5 Å². The van der Waals surface area contributed by atoms with Crippen LogP contribution in [-0.4, -0.2) is 31.0 Å². The molecule has 0 fully saturated rings. The van der Waals surface area contributed by atoms with Gasteiger partial charge in [0, 0.05) is 38.2 Å². The number of amides is 1. The molecule has 1 heterocycles. The molecule has 1 aromatic carbocycles. The fraction of sp³-hybridized carbons (Fsp3) is 0.294. The van der Waals surface area contributed by atoms with Gasteiger partial charge in [-0.1, -0.05) is 6.07 Å². The monoisotopic (exact) mass is 301 g/mol. The number of hydrogen-bond donors (Lipinski definition) is 1. The van der Waals surface area contributed by atoms with E-state index in [1.807, 2.05) is 24.1 Å². The van der Waals surface area contributed by atoms with Crippen molar-refractivity contribution in [1.29, 1.82) is 0 Å². The summed E-state index contributed by atoms with van der Waals surface area (Å²) < 4.78 is 12.9. The summed E-state index contributed by atoms with van der Waals surface area (Å²) in [6.45, 7) is 1.41.